The first-order valence-corrected chi connectivity index (χ1v) is 6.56. The van der Waals surface area contributed by atoms with Crippen molar-refractivity contribution in [2.75, 3.05) is 18.9 Å². The monoisotopic (exact) mass is 302 g/mol. The Balaban J connectivity index is 0.000000235. The molecule has 7 N–H and O–H groups in total. The SMILES string of the molecule is Nc1ccc(O)cc1.OC1COC(CCN(O)O)CC1O. The number of aliphatic hydroxyl groups excluding tert-OH is 2. The first-order chi connectivity index (χ1) is 9.88. The van der Waals surface area contributed by atoms with Gasteiger partial charge in [0.25, 0.3) is 0 Å². The first-order valence-electron chi connectivity index (χ1n) is 6.56. The molecular weight excluding hydrogens is 280 g/mol. The van der Waals surface area contributed by atoms with Gasteiger partial charge in [-0.1, -0.05) is 5.23 Å². The number of ether oxygens (including phenoxy) is 1. The third kappa shape index (κ3) is 7.23. The lowest BCUT2D eigenvalue weighted by Gasteiger charge is -2.30. The van der Waals surface area contributed by atoms with Gasteiger partial charge in [0.2, 0.25) is 0 Å². The molecule has 0 radical (unpaired) electrons. The summed E-state index contributed by atoms with van der Waals surface area (Å²) in [7, 11) is 0. The van der Waals surface area contributed by atoms with Crippen molar-refractivity contribution in [3.8, 4) is 5.75 Å². The first kappa shape index (κ1) is 17.6. The second kappa shape index (κ2) is 8.78. The quantitative estimate of drug-likeness (QED) is 0.259. The maximum Gasteiger partial charge on any atom is 0.115 e. The van der Waals surface area contributed by atoms with Gasteiger partial charge in [-0.15, -0.1) is 0 Å². The van der Waals surface area contributed by atoms with Gasteiger partial charge in [0.15, 0.2) is 0 Å². The highest BCUT2D eigenvalue weighted by atomic mass is 16.8. The van der Waals surface area contributed by atoms with Crippen LogP contribution < -0.4 is 5.73 Å². The molecule has 1 saturated heterocycles. The Morgan fingerprint density at radius 3 is 2.24 bits per heavy atom. The average molecular weight is 302 g/mol. The Bertz CT molecular complexity index is 379. The molecule has 0 aromatic heterocycles. The predicted molar refractivity (Wildman–Crippen MR) is 73.8 cm³/mol. The molecule has 8 heteroatoms. The maximum atomic E-state index is 9.24. The van der Waals surface area contributed by atoms with Gasteiger partial charge < -0.3 is 25.8 Å². The third-order valence-electron chi connectivity index (χ3n) is 3.00. The van der Waals surface area contributed by atoms with E-state index in [9.17, 15) is 5.11 Å². The van der Waals surface area contributed by atoms with Crippen molar-refractivity contribution in [1.29, 1.82) is 0 Å². The number of anilines is 1. The van der Waals surface area contributed by atoms with Gasteiger partial charge in [-0.2, -0.15) is 0 Å². The van der Waals surface area contributed by atoms with Crippen molar-refractivity contribution in [2.24, 2.45) is 0 Å². The van der Waals surface area contributed by atoms with E-state index in [1.54, 1.807) is 24.3 Å². The minimum absolute atomic E-state index is 0.0630. The molecule has 0 spiro atoms. The largest absolute Gasteiger partial charge is 0.508 e. The van der Waals surface area contributed by atoms with Crippen LogP contribution >= 0.6 is 0 Å². The van der Waals surface area contributed by atoms with Crippen LogP contribution in [0, 0.1) is 0 Å². The standard InChI is InChI=1S/C7H15NO5.C6H7NO/c9-6-3-5(1-2-8(11)12)13-4-7(6)10;7-5-1-3-6(8)4-2-5/h5-7,9-12H,1-4H2;1-4,8H,7H2. The second-order valence-corrected chi connectivity index (χ2v) is 4.80. The number of hydrogen-bond donors (Lipinski definition) is 6. The van der Waals surface area contributed by atoms with Crippen LogP contribution in [0.3, 0.4) is 0 Å². The summed E-state index contributed by atoms with van der Waals surface area (Å²) in [6.45, 7) is 0.163. The summed E-state index contributed by atoms with van der Waals surface area (Å²) >= 11 is 0. The van der Waals surface area contributed by atoms with Crippen LogP contribution in [0.2, 0.25) is 0 Å². The Kier molecular flexibility index (Phi) is 7.37. The van der Waals surface area contributed by atoms with Crippen molar-refractivity contribution in [3.63, 3.8) is 0 Å². The molecule has 0 amide bonds. The molecule has 3 unspecified atom stereocenters. The molecule has 0 bridgehead atoms. The van der Waals surface area contributed by atoms with E-state index in [0.717, 1.165) is 0 Å². The zero-order valence-corrected chi connectivity index (χ0v) is 11.5. The Labute approximate surface area is 122 Å². The Hall–Kier alpha value is -1.42. The highest BCUT2D eigenvalue weighted by molar-refractivity contribution is 5.40. The Morgan fingerprint density at radius 2 is 1.76 bits per heavy atom. The van der Waals surface area contributed by atoms with Crippen LogP contribution in [-0.2, 0) is 4.74 Å². The lowest BCUT2D eigenvalue weighted by molar-refractivity contribution is -0.309. The van der Waals surface area contributed by atoms with E-state index in [-0.39, 0.29) is 30.2 Å². The zero-order chi connectivity index (χ0) is 15.8. The van der Waals surface area contributed by atoms with Crippen LogP contribution in [-0.4, -0.2) is 62.4 Å². The molecule has 1 heterocycles. The summed E-state index contributed by atoms with van der Waals surface area (Å²) in [5.74, 6) is 0.249. The van der Waals surface area contributed by atoms with Crippen LogP contribution in [0.1, 0.15) is 12.8 Å². The number of nitrogen functional groups attached to an aromatic ring is 1. The van der Waals surface area contributed by atoms with Crippen LogP contribution in [0.15, 0.2) is 24.3 Å². The van der Waals surface area contributed by atoms with Crippen molar-refractivity contribution < 1.29 is 30.5 Å². The minimum Gasteiger partial charge on any atom is -0.508 e. The molecule has 8 nitrogen and oxygen atoms in total. The van der Waals surface area contributed by atoms with Gasteiger partial charge >= 0.3 is 0 Å². The number of aromatic hydroxyl groups is 1. The van der Waals surface area contributed by atoms with E-state index in [2.05, 4.69) is 0 Å². The smallest absolute Gasteiger partial charge is 0.115 e. The molecule has 21 heavy (non-hydrogen) atoms. The Morgan fingerprint density at radius 1 is 1.14 bits per heavy atom. The third-order valence-corrected chi connectivity index (χ3v) is 3.00. The van der Waals surface area contributed by atoms with Crippen LogP contribution in [0.25, 0.3) is 0 Å². The summed E-state index contributed by atoms with van der Waals surface area (Å²) in [5.41, 5.74) is 5.98. The molecule has 1 fully saturated rings. The predicted octanol–water partition coefficient (Wildman–Crippen LogP) is -0.0580. The summed E-state index contributed by atoms with van der Waals surface area (Å²) in [6.07, 6.45) is -1.08. The summed E-state index contributed by atoms with van der Waals surface area (Å²) in [4.78, 5) is 0. The summed E-state index contributed by atoms with van der Waals surface area (Å²) in [6, 6.07) is 6.40. The van der Waals surface area contributed by atoms with Gasteiger partial charge in [0.1, 0.15) is 11.9 Å². The van der Waals surface area contributed by atoms with Gasteiger partial charge in [0, 0.05) is 12.1 Å². The number of hydrogen-bond acceptors (Lipinski definition) is 8. The topological polar surface area (TPSA) is 140 Å². The molecule has 1 aliphatic heterocycles. The lowest BCUT2D eigenvalue weighted by Crippen LogP contribution is -2.42. The van der Waals surface area contributed by atoms with E-state index >= 15 is 0 Å². The fourth-order valence-electron chi connectivity index (χ4n) is 1.78. The highest BCUT2D eigenvalue weighted by Crippen LogP contribution is 2.16. The molecule has 120 valence electrons. The molecule has 3 atom stereocenters. The average Bonchev–Trinajstić information content (AvgIpc) is 2.44. The van der Waals surface area contributed by atoms with Gasteiger partial charge in [0.05, 0.1) is 25.4 Å². The van der Waals surface area contributed by atoms with E-state index < -0.39 is 12.2 Å². The fraction of sp³-hybridized carbons (Fsp3) is 0.538. The maximum absolute atomic E-state index is 9.24. The van der Waals surface area contributed by atoms with E-state index in [0.29, 0.717) is 18.5 Å². The van der Waals surface area contributed by atoms with Gasteiger partial charge in [-0.05, 0) is 30.7 Å². The van der Waals surface area contributed by atoms with Gasteiger partial charge in [-0.3, -0.25) is 10.4 Å². The minimum atomic E-state index is -0.824. The number of phenols is 1. The molecule has 2 rings (SSSR count). The molecule has 1 aliphatic rings. The van der Waals surface area contributed by atoms with Crippen molar-refractivity contribution in [3.05, 3.63) is 24.3 Å². The molecular formula is C13H22N2O6. The second-order valence-electron chi connectivity index (χ2n) is 4.80. The highest BCUT2D eigenvalue weighted by Gasteiger charge is 2.28. The number of phenolic OH excluding ortho intramolecular Hbond substituents is 1. The number of hydroxylamine groups is 2. The number of nitrogens with two attached hydrogens (primary N) is 1. The number of aliphatic hydroxyl groups is 2. The molecule has 0 saturated carbocycles. The summed E-state index contributed by atoms with van der Waals surface area (Å²) in [5, 5.41) is 44.0. The fourth-order valence-corrected chi connectivity index (χ4v) is 1.78. The molecule has 1 aromatic carbocycles. The van der Waals surface area contributed by atoms with Crippen molar-refractivity contribution in [2.45, 2.75) is 31.2 Å². The lowest BCUT2D eigenvalue weighted by atomic mass is 10.0. The van der Waals surface area contributed by atoms with Crippen molar-refractivity contribution in [1.82, 2.24) is 5.23 Å². The normalized spacial score (nSPS) is 25.3. The zero-order valence-electron chi connectivity index (χ0n) is 11.5. The summed E-state index contributed by atoms with van der Waals surface area (Å²) < 4.78 is 5.15. The number of benzene rings is 1. The number of nitrogens with zero attached hydrogens (tertiary/aromatic N) is 1. The van der Waals surface area contributed by atoms with E-state index in [1.807, 2.05) is 0 Å². The van der Waals surface area contributed by atoms with Gasteiger partial charge in [-0.25, -0.2) is 0 Å². The molecule has 1 aromatic rings. The van der Waals surface area contributed by atoms with Crippen molar-refractivity contribution >= 4 is 5.69 Å². The number of rotatable bonds is 3. The van der Waals surface area contributed by atoms with E-state index in [1.165, 1.54) is 0 Å². The molecule has 0 aliphatic carbocycles. The van der Waals surface area contributed by atoms with Crippen LogP contribution in [0.4, 0.5) is 5.69 Å². The van der Waals surface area contributed by atoms with E-state index in [4.69, 9.17) is 31.1 Å². The van der Waals surface area contributed by atoms with Crippen LogP contribution in [0.5, 0.6) is 5.75 Å².